The number of carbonyl (C=O) groups excluding carboxylic acids is 1. The Kier molecular flexibility index (Phi) is 2.79. The van der Waals surface area contributed by atoms with Gasteiger partial charge in [0.1, 0.15) is 5.52 Å². The van der Waals surface area contributed by atoms with E-state index in [4.69, 9.17) is 8.83 Å². The van der Waals surface area contributed by atoms with Gasteiger partial charge in [-0.25, -0.2) is 4.98 Å². The van der Waals surface area contributed by atoms with Crippen molar-refractivity contribution in [2.45, 2.75) is 13.5 Å². The number of benzene rings is 1. The molecule has 5 heteroatoms. The fourth-order valence-electron chi connectivity index (χ4n) is 1.87. The van der Waals surface area contributed by atoms with Crippen LogP contribution in [0.4, 0.5) is 0 Å². The van der Waals surface area contributed by atoms with E-state index in [2.05, 4.69) is 10.3 Å². The quantitative estimate of drug-likeness (QED) is 0.782. The number of nitrogens with one attached hydrogen (secondary N) is 1. The van der Waals surface area contributed by atoms with Crippen molar-refractivity contribution in [3.8, 4) is 0 Å². The number of aromatic nitrogens is 1. The number of nitrogens with zero attached hydrogens (tertiary/aromatic N) is 1. The summed E-state index contributed by atoms with van der Waals surface area (Å²) in [5.74, 6) is 0.696. The van der Waals surface area contributed by atoms with E-state index in [1.54, 1.807) is 19.1 Å². The number of hydrogen-bond acceptors (Lipinski definition) is 4. The number of furan rings is 1. The first-order valence-electron chi connectivity index (χ1n) is 5.90. The van der Waals surface area contributed by atoms with E-state index in [1.807, 2.05) is 18.2 Å². The van der Waals surface area contributed by atoms with Gasteiger partial charge in [-0.15, -0.1) is 0 Å². The lowest BCUT2D eigenvalue weighted by Crippen LogP contribution is -2.22. The predicted octanol–water partition coefficient (Wildman–Crippen LogP) is 2.66. The molecule has 1 amide bonds. The minimum Gasteiger partial charge on any atom is -0.459 e. The highest BCUT2D eigenvalue weighted by molar-refractivity contribution is 5.91. The van der Waals surface area contributed by atoms with Gasteiger partial charge in [-0.05, 0) is 29.8 Å². The van der Waals surface area contributed by atoms with Crippen LogP contribution in [0.5, 0.6) is 0 Å². The van der Waals surface area contributed by atoms with Gasteiger partial charge in [0.25, 0.3) is 5.91 Å². The Morgan fingerprint density at radius 1 is 1.37 bits per heavy atom. The SMILES string of the molecule is Cc1nc2ccc(CNC(=O)c3ccco3)cc2o1. The summed E-state index contributed by atoms with van der Waals surface area (Å²) in [6.07, 6.45) is 1.47. The van der Waals surface area contributed by atoms with E-state index in [-0.39, 0.29) is 5.91 Å². The first-order chi connectivity index (χ1) is 9.22. The largest absolute Gasteiger partial charge is 0.459 e. The molecule has 0 bridgehead atoms. The lowest BCUT2D eigenvalue weighted by atomic mass is 10.2. The summed E-state index contributed by atoms with van der Waals surface area (Å²) >= 11 is 0. The van der Waals surface area contributed by atoms with E-state index in [1.165, 1.54) is 6.26 Å². The van der Waals surface area contributed by atoms with Gasteiger partial charge < -0.3 is 14.2 Å². The Hall–Kier alpha value is -2.56. The van der Waals surface area contributed by atoms with Gasteiger partial charge in [0.2, 0.25) is 0 Å². The van der Waals surface area contributed by atoms with E-state index in [9.17, 15) is 4.79 Å². The van der Waals surface area contributed by atoms with Crippen molar-refractivity contribution < 1.29 is 13.6 Å². The van der Waals surface area contributed by atoms with Crippen molar-refractivity contribution in [3.05, 3.63) is 53.8 Å². The van der Waals surface area contributed by atoms with Crippen molar-refractivity contribution in [2.75, 3.05) is 0 Å². The first kappa shape index (κ1) is 11.5. The molecular weight excluding hydrogens is 244 g/mol. The van der Waals surface area contributed by atoms with Crippen LogP contribution in [0.15, 0.2) is 45.4 Å². The zero-order chi connectivity index (χ0) is 13.2. The molecular formula is C14H12N2O3. The highest BCUT2D eigenvalue weighted by Gasteiger charge is 2.08. The van der Waals surface area contributed by atoms with Crippen LogP contribution in [0.3, 0.4) is 0 Å². The van der Waals surface area contributed by atoms with Crippen molar-refractivity contribution in [1.82, 2.24) is 10.3 Å². The molecule has 2 aromatic heterocycles. The number of oxazole rings is 1. The minimum atomic E-state index is -0.237. The molecule has 0 spiro atoms. The molecule has 19 heavy (non-hydrogen) atoms. The zero-order valence-corrected chi connectivity index (χ0v) is 10.3. The molecule has 3 rings (SSSR count). The van der Waals surface area contributed by atoms with Crippen molar-refractivity contribution in [3.63, 3.8) is 0 Å². The second-order valence-corrected chi connectivity index (χ2v) is 4.19. The smallest absolute Gasteiger partial charge is 0.287 e. The Labute approximate surface area is 109 Å². The molecule has 0 radical (unpaired) electrons. The fourth-order valence-corrected chi connectivity index (χ4v) is 1.87. The molecule has 0 saturated carbocycles. The van der Waals surface area contributed by atoms with Crippen LogP contribution in [-0.4, -0.2) is 10.9 Å². The molecule has 0 aliphatic carbocycles. The highest BCUT2D eigenvalue weighted by Crippen LogP contribution is 2.16. The van der Waals surface area contributed by atoms with E-state index >= 15 is 0 Å². The van der Waals surface area contributed by atoms with Gasteiger partial charge in [0, 0.05) is 13.5 Å². The van der Waals surface area contributed by atoms with Crippen LogP contribution in [-0.2, 0) is 6.54 Å². The number of hydrogen-bond donors (Lipinski definition) is 1. The maximum Gasteiger partial charge on any atom is 0.287 e. The normalized spacial score (nSPS) is 10.8. The summed E-state index contributed by atoms with van der Waals surface area (Å²) in [5.41, 5.74) is 2.49. The summed E-state index contributed by atoms with van der Waals surface area (Å²) in [6.45, 7) is 2.22. The molecule has 1 N–H and O–H groups in total. The van der Waals surface area contributed by atoms with E-state index < -0.39 is 0 Å². The van der Waals surface area contributed by atoms with Crippen LogP contribution in [0.1, 0.15) is 22.0 Å². The maximum atomic E-state index is 11.7. The molecule has 0 aliphatic heterocycles. The van der Waals surface area contributed by atoms with Crippen molar-refractivity contribution >= 4 is 17.0 Å². The summed E-state index contributed by atoms with van der Waals surface area (Å²) in [6, 6.07) is 8.96. The highest BCUT2D eigenvalue weighted by atomic mass is 16.3. The number of fused-ring (bicyclic) bond motifs is 1. The third-order valence-corrected chi connectivity index (χ3v) is 2.76. The van der Waals surface area contributed by atoms with Crippen LogP contribution in [0.25, 0.3) is 11.1 Å². The van der Waals surface area contributed by atoms with Crippen molar-refractivity contribution in [1.29, 1.82) is 0 Å². The summed E-state index contributed by atoms with van der Waals surface area (Å²) in [7, 11) is 0. The Morgan fingerprint density at radius 3 is 3.05 bits per heavy atom. The predicted molar refractivity (Wildman–Crippen MR) is 68.6 cm³/mol. The number of carbonyl (C=O) groups is 1. The van der Waals surface area contributed by atoms with Gasteiger partial charge in [-0.3, -0.25) is 4.79 Å². The molecule has 3 aromatic rings. The molecule has 0 fully saturated rings. The van der Waals surface area contributed by atoms with Gasteiger partial charge in [0.15, 0.2) is 17.2 Å². The monoisotopic (exact) mass is 256 g/mol. The third kappa shape index (κ3) is 2.35. The molecule has 0 unspecified atom stereocenters. The second-order valence-electron chi connectivity index (χ2n) is 4.19. The van der Waals surface area contributed by atoms with Gasteiger partial charge in [-0.2, -0.15) is 0 Å². The summed E-state index contributed by atoms with van der Waals surface area (Å²) < 4.78 is 10.5. The summed E-state index contributed by atoms with van der Waals surface area (Å²) in [4.78, 5) is 15.9. The molecule has 1 aromatic carbocycles. The standard InChI is InChI=1S/C14H12N2O3/c1-9-16-11-5-4-10(7-13(11)19-9)8-15-14(17)12-3-2-6-18-12/h2-7H,8H2,1H3,(H,15,17). The number of aryl methyl sites for hydroxylation is 1. The topological polar surface area (TPSA) is 68.3 Å². The van der Waals surface area contributed by atoms with Gasteiger partial charge in [-0.1, -0.05) is 6.07 Å². The minimum absolute atomic E-state index is 0.237. The average molecular weight is 256 g/mol. The molecule has 0 aliphatic rings. The van der Waals surface area contributed by atoms with Crippen LogP contribution < -0.4 is 5.32 Å². The van der Waals surface area contributed by atoms with E-state index in [0.717, 1.165) is 16.7 Å². The number of rotatable bonds is 3. The zero-order valence-electron chi connectivity index (χ0n) is 10.3. The lowest BCUT2D eigenvalue weighted by molar-refractivity contribution is 0.0923. The average Bonchev–Trinajstić information content (AvgIpc) is 3.03. The molecule has 96 valence electrons. The van der Waals surface area contributed by atoms with Crippen molar-refractivity contribution in [2.24, 2.45) is 0 Å². The van der Waals surface area contributed by atoms with Crippen LogP contribution in [0, 0.1) is 6.92 Å². The first-order valence-corrected chi connectivity index (χ1v) is 5.90. The fraction of sp³-hybridized carbons (Fsp3) is 0.143. The number of amides is 1. The Bertz CT molecular complexity index is 713. The molecule has 0 saturated heterocycles. The molecule has 5 nitrogen and oxygen atoms in total. The maximum absolute atomic E-state index is 11.7. The van der Waals surface area contributed by atoms with Gasteiger partial charge >= 0.3 is 0 Å². The van der Waals surface area contributed by atoms with E-state index in [0.29, 0.717) is 18.2 Å². The Morgan fingerprint density at radius 2 is 2.26 bits per heavy atom. The van der Waals surface area contributed by atoms with Crippen LogP contribution in [0.2, 0.25) is 0 Å². The Balaban J connectivity index is 1.73. The third-order valence-electron chi connectivity index (χ3n) is 2.76. The molecule has 2 heterocycles. The van der Waals surface area contributed by atoms with Crippen LogP contribution >= 0.6 is 0 Å². The molecule has 0 atom stereocenters. The summed E-state index contributed by atoms with van der Waals surface area (Å²) in [5, 5.41) is 2.78. The lowest BCUT2D eigenvalue weighted by Gasteiger charge is -2.02. The van der Waals surface area contributed by atoms with Gasteiger partial charge in [0.05, 0.1) is 6.26 Å². The second kappa shape index (κ2) is 4.61.